The van der Waals surface area contributed by atoms with Crippen LogP contribution in [0.5, 0.6) is 0 Å². The van der Waals surface area contributed by atoms with Crippen molar-refractivity contribution in [2.75, 3.05) is 0 Å². The first-order valence-corrected chi connectivity index (χ1v) is 6.43. The fourth-order valence-corrected chi connectivity index (χ4v) is 2.33. The number of halogens is 1. The summed E-state index contributed by atoms with van der Waals surface area (Å²) in [5.74, 6) is 0. The number of hydrogen-bond donors (Lipinski definition) is 1. The van der Waals surface area contributed by atoms with Crippen LogP contribution in [0.2, 0.25) is 0 Å². The molecule has 0 heterocycles. The van der Waals surface area contributed by atoms with E-state index in [1.165, 1.54) is 11.1 Å². The molecule has 0 aromatic heterocycles. The molecule has 2 rings (SSSR count). The molecule has 1 N–H and O–H groups in total. The van der Waals surface area contributed by atoms with Gasteiger partial charge >= 0.3 is 0 Å². The van der Waals surface area contributed by atoms with Crippen molar-refractivity contribution >= 4 is 22.9 Å². The fraction of sp³-hybridized carbons (Fsp3) is 0.143. The van der Waals surface area contributed by atoms with E-state index in [-0.39, 0.29) is 0 Å². The van der Waals surface area contributed by atoms with Gasteiger partial charge in [0.05, 0.1) is 0 Å². The van der Waals surface area contributed by atoms with Gasteiger partial charge in [0, 0.05) is 28.9 Å². The molecule has 16 heavy (non-hydrogen) atoms. The Balaban J connectivity index is 2.13. The van der Waals surface area contributed by atoms with Crippen LogP contribution >= 0.6 is 22.9 Å². The summed E-state index contributed by atoms with van der Waals surface area (Å²) in [5, 5.41) is 0. The van der Waals surface area contributed by atoms with Crippen LogP contribution in [0.4, 0.5) is 0 Å². The van der Waals surface area contributed by atoms with Gasteiger partial charge in [0.25, 0.3) is 0 Å². The third-order valence-electron chi connectivity index (χ3n) is 2.62. The van der Waals surface area contributed by atoms with Crippen LogP contribution in [0.3, 0.4) is 0 Å². The summed E-state index contributed by atoms with van der Waals surface area (Å²) in [6.07, 6.45) is 1.02. The van der Waals surface area contributed by atoms with Gasteiger partial charge in [0.15, 0.2) is 0 Å². The highest BCUT2D eigenvalue weighted by atomic mass is 127. The summed E-state index contributed by atoms with van der Waals surface area (Å²) in [4.78, 5) is 0. The maximum Gasteiger partial charge on any atom is 0.0453 e. The molecule has 0 radical (unpaired) electrons. The quantitative estimate of drug-likeness (QED) is 0.664. The largest absolute Gasteiger partial charge is 0.253 e. The Kier molecular flexibility index (Phi) is 4.36. The van der Waals surface area contributed by atoms with Crippen LogP contribution in [-0.2, 0) is 6.42 Å². The molecule has 1 unspecified atom stereocenters. The average molecular weight is 323 g/mol. The van der Waals surface area contributed by atoms with Gasteiger partial charge in [-0.15, -0.1) is 0 Å². The lowest BCUT2D eigenvalue weighted by Gasteiger charge is -2.15. The van der Waals surface area contributed by atoms with Crippen molar-refractivity contribution < 1.29 is 0 Å². The van der Waals surface area contributed by atoms with E-state index >= 15 is 0 Å². The van der Waals surface area contributed by atoms with E-state index in [1.807, 2.05) is 0 Å². The zero-order valence-electron chi connectivity index (χ0n) is 8.94. The van der Waals surface area contributed by atoms with E-state index in [2.05, 4.69) is 87.1 Å². The molecule has 0 bridgehead atoms. The summed E-state index contributed by atoms with van der Waals surface area (Å²) in [6, 6.07) is 21.5. The second-order valence-electron chi connectivity index (χ2n) is 3.76. The molecule has 2 heteroatoms. The first kappa shape index (κ1) is 11.6. The molecule has 0 spiro atoms. The molecule has 1 nitrogen and oxygen atoms in total. The van der Waals surface area contributed by atoms with Gasteiger partial charge in [-0.05, 0) is 17.5 Å². The van der Waals surface area contributed by atoms with Gasteiger partial charge in [0.1, 0.15) is 0 Å². The third-order valence-corrected chi connectivity index (χ3v) is 3.37. The van der Waals surface area contributed by atoms with Crippen molar-refractivity contribution in [3.8, 4) is 0 Å². The van der Waals surface area contributed by atoms with Gasteiger partial charge < -0.3 is 0 Å². The van der Waals surface area contributed by atoms with Crippen molar-refractivity contribution in [1.29, 1.82) is 0 Å². The Labute approximate surface area is 110 Å². The highest BCUT2D eigenvalue weighted by molar-refractivity contribution is 14.1. The standard InChI is InChI=1S/C14H14IN/c15-16-14(13-9-5-2-6-10-13)11-12-7-3-1-4-8-12/h1-10,14,16H,11H2. The van der Waals surface area contributed by atoms with Gasteiger partial charge in [-0.25, -0.2) is 0 Å². The van der Waals surface area contributed by atoms with E-state index in [0.29, 0.717) is 6.04 Å². The minimum Gasteiger partial charge on any atom is -0.253 e. The molecular weight excluding hydrogens is 309 g/mol. The lowest BCUT2D eigenvalue weighted by molar-refractivity contribution is 0.691. The van der Waals surface area contributed by atoms with Gasteiger partial charge in [-0.3, -0.25) is 3.53 Å². The number of hydrogen-bond acceptors (Lipinski definition) is 1. The molecule has 0 saturated heterocycles. The Morgan fingerprint density at radius 2 is 1.44 bits per heavy atom. The maximum absolute atomic E-state index is 3.34. The highest BCUT2D eigenvalue weighted by Gasteiger charge is 2.09. The Morgan fingerprint density at radius 3 is 2.00 bits per heavy atom. The lowest BCUT2D eigenvalue weighted by Crippen LogP contribution is -2.13. The maximum atomic E-state index is 3.34. The van der Waals surface area contributed by atoms with E-state index in [0.717, 1.165) is 6.42 Å². The van der Waals surface area contributed by atoms with Crippen molar-refractivity contribution in [1.82, 2.24) is 3.53 Å². The van der Waals surface area contributed by atoms with Crippen LogP contribution in [0, 0.1) is 0 Å². The SMILES string of the molecule is INC(Cc1ccccc1)c1ccccc1. The van der Waals surface area contributed by atoms with Crippen molar-refractivity contribution in [3.05, 3.63) is 71.8 Å². The molecule has 0 saturated carbocycles. The molecule has 2 aromatic rings. The monoisotopic (exact) mass is 323 g/mol. The molecule has 0 fully saturated rings. The van der Waals surface area contributed by atoms with E-state index in [1.54, 1.807) is 0 Å². The lowest BCUT2D eigenvalue weighted by atomic mass is 10.00. The van der Waals surface area contributed by atoms with Crippen LogP contribution in [0.15, 0.2) is 60.7 Å². The zero-order chi connectivity index (χ0) is 11.2. The first-order chi connectivity index (χ1) is 7.90. The Morgan fingerprint density at radius 1 is 0.875 bits per heavy atom. The fourth-order valence-electron chi connectivity index (χ4n) is 1.75. The van der Waals surface area contributed by atoms with Crippen LogP contribution < -0.4 is 3.53 Å². The number of benzene rings is 2. The summed E-state index contributed by atoms with van der Waals surface area (Å²) in [6.45, 7) is 0. The first-order valence-electron chi connectivity index (χ1n) is 5.35. The molecule has 0 aliphatic carbocycles. The predicted octanol–water partition coefficient (Wildman–Crippen LogP) is 3.91. The van der Waals surface area contributed by atoms with Gasteiger partial charge in [0.2, 0.25) is 0 Å². The Hall–Kier alpha value is -0.870. The van der Waals surface area contributed by atoms with Crippen LogP contribution in [0.25, 0.3) is 0 Å². The zero-order valence-corrected chi connectivity index (χ0v) is 11.1. The van der Waals surface area contributed by atoms with E-state index in [4.69, 9.17) is 0 Å². The third kappa shape index (κ3) is 3.06. The summed E-state index contributed by atoms with van der Waals surface area (Å²) in [7, 11) is 0. The van der Waals surface area contributed by atoms with Crippen LogP contribution in [-0.4, -0.2) is 0 Å². The summed E-state index contributed by atoms with van der Waals surface area (Å²) in [5.41, 5.74) is 2.70. The minimum absolute atomic E-state index is 0.379. The van der Waals surface area contributed by atoms with Crippen molar-refractivity contribution in [3.63, 3.8) is 0 Å². The van der Waals surface area contributed by atoms with Crippen molar-refractivity contribution in [2.24, 2.45) is 0 Å². The molecular formula is C14H14IN. The molecule has 0 aliphatic heterocycles. The second kappa shape index (κ2) is 6.01. The summed E-state index contributed by atoms with van der Waals surface area (Å²) >= 11 is 2.23. The Bertz CT molecular complexity index is 413. The van der Waals surface area contributed by atoms with Crippen LogP contribution in [0.1, 0.15) is 17.2 Å². The van der Waals surface area contributed by atoms with Crippen molar-refractivity contribution in [2.45, 2.75) is 12.5 Å². The number of rotatable bonds is 4. The molecule has 0 amide bonds. The topological polar surface area (TPSA) is 12.0 Å². The van der Waals surface area contributed by atoms with Gasteiger partial charge in [-0.1, -0.05) is 60.7 Å². The molecule has 1 atom stereocenters. The summed E-state index contributed by atoms with van der Waals surface area (Å²) < 4.78 is 3.34. The molecule has 0 aliphatic rings. The smallest absolute Gasteiger partial charge is 0.0453 e. The van der Waals surface area contributed by atoms with E-state index in [9.17, 15) is 0 Å². The number of nitrogens with one attached hydrogen (secondary N) is 1. The molecule has 2 aromatic carbocycles. The normalized spacial score (nSPS) is 12.3. The molecule has 82 valence electrons. The van der Waals surface area contributed by atoms with E-state index < -0.39 is 0 Å². The second-order valence-corrected chi connectivity index (χ2v) is 4.38. The predicted molar refractivity (Wildman–Crippen MR) is 76.5 cm³/mol. The average Bonchev–Trinajstić information content (AvgIpc) is 2.38. The highest BCUT2D eigenvalue weighted by Crippen LogP contribution is 2.19. The van der Waals surface area contributed by atoms with Gasteiger partial charge in [-0.2, -0.15) is 0 Å². The minimum atomic E-state index is 0.379.